The van der Waals surface area contributed by atoms with E-state index in [4.69, 9.17) is 0 Å². The van der Waals surface area contributed by atoms with E-state index < -0.39 is 17.7 Å². The van der Waals surface area contributed by atoms with Crippen molar-refractivity contribution in [1.29, 1.82) is 0 Å². The van der Waals surface area contributed by atoms with Gasteiger partial charge in [-0.3, -0.25) is 9.59 Å². The van der Waals surface area contributed by atoms with Crippen LogP contribution in [0.2, 0.25) is 0 Å². The fraction of sp³-hybridized carbons (Fsp3) is 0.222. The summed E-state index contributed by atoms with van der Waals surface area (Å²) < 4.78 is 28.8. The predicted molar refractivity (Wildman–Crippen MR) is 137 cm³/mol. The van der Waals surface area contributed by atoms with E-state index in [2.05, 4.69) is 10.3 Å². The van der Waals surface area contributed by atoms with Crippen LogP contribution in [0.15, 0.2) is 71.9 Å². The van der Waals surface area contributed by atoms with Crippen molar-refractivity contribution in [2.75, 3.05) is 17.6 Å². The van der Waals surface area contributed by atoms with E-state index >= 15 is 0 Å². The lowest BCUT2D eigenvalue weighted by Gasteiger charge is -2.24. The van der Waals surface area contributed by atoms with E-state index in [9.17, 15) is 18.4 Å². The van der Waals surface area contributed by atoms with Gasteiger partial charge in [0.1, 0.15) is 6.04 Å². The summed E-state index contributed by atoms with van der Waals surface area (Å²) in [7, 11) is 1.69. The molecule has 5 rings (SSSR count). The number of aromatic nitrogens is 2. The fourth-order valence-corrected chi connectivity index (χ4v) is 5.39. The number of amides is 2. The average Bonchev–Trinajstić information content (AvgIpc) is 3.49. The van der Waals surface area contributed by atoms with Crippen molar-refractivity contribution in [1.82, 2.24) is 14.5 Å². The summed E-state index contributed by atoms with van der Waals surface area (Å²) in [4.78, 5) is 32.2. The first-order valence-corrected chi connectivity index (χ1v) is 12.6. The van der Waals surface area contributed by atoms with Crippen molar-refractivity contribution in [2.24, 2.45) is 7.05 Å². The Labute approximate surface area is 211 Å². The van der Waals surface area contributed by atoms with Crippen LogP contribution in [0, 0.1) is 11.6 Å². The van der Waals surface area contributed by atoms with Gasteiger partial charge >= 0.3 is 0 Å². The fourth-order valence-electron chi connectivity index (χ4n) is 4.52. The van der Waals surface area contributed by atoms with E-state index in [-0.39, 0.29) is 17.6 Å². The smallest absolute Gasteiger partial charge is 0.247 e. The van der Waals surface area contributed by atoms with Gasteiger partial charge in [-0.2, -0.15) is 0 Å². The SMILES string of the molecule is Cn1c(SCC(=O)N2CCCC2C(=O)Nc2ccccc2-c2ccccc2)nc2cc(F)c(F)cc21. The second-order valence-electron chi connectivity index (χ2n) is 8.64. The van der Waals surface area contributed by atoms with Crippen LogP contribution in [-0.4, -0.2) is 44.6 Å². The molecule has 2 heterocycles. The second kappa shape index (κ2) is 10.1. The largest absolute Gasteiger partial charge is 0.330 e. The molecule has 0 spiro atoms. The molecule has 0 aliphatic carbocycles. The number of likely N-dealkylation sites (tertiary alicyclic amines) is 1. The van der Waals surface area contributed by atoms with Crippen LogP contribution in [-0.2, 0) is 16.6 Å². The quantitative estimate of drug-likeness (QED) is 0.363. The number of carbonyl (C=O) groups excluding carboxylic acids is 2. The number of halogens is 2. The number of aryl methyl sites for hydroxylation is 1. The van der Waals surface area contributed by atoms with E-state index in [0.717, 1.165) is 29.7 Å². The third-order valence-corrected chi connectivity index (χ3v) is 7.37. The van der Waals surface area contributed by atoms with Gasteiger partial charge in [0, 0.05) is 37.0 Å². The molecule has 184 valence electrons. The van der Waals surface area contributed by atoms with Gasteiger partial charge in [-0.05, 0) is 24.5 Å². The molecule has 4 aromatic rings. The van der Waals surface area contributed by atoms with Crippen molar-refractivity contribution in [3.8, 4) is 11.1 Å². The Morgan fingerprint density at radius 3 is 2.58 bits per heavy atom. The summed E-state index contributed by atoms with van der Waals surface area (Å²) >= 11 is 1.18. The Balaban J connectivity index is 1.28. The summed E-state index contributed by atoms with van der Waals surface area (Å²) in [6, 6.07) is 19.0. The van der Waals surface area contributed by atoms with Crippen LogP contribution in [0.5, 0.6) is 0 Å². The van der Waals surface area contributed by atoms with E-state index in [1.807, 2.05) is 54.6 Å². The first-order valence-electron chi connectivity index (χ1n) is 11.6. The van der Waals surface area contributed by atoms with Gasteiger partial charge in [0.05, 0.1) is 16.8 Å². The molecule has 1 aliphatic rings. The van der Waals surface area contributed by atoms with E-state index in [1.54, 1.807) is 16.5 Å². The highest BCUT2D eigenvalue weighted by Crippen LogP contribution is 2.30. The molecule has 3 aromatic carbocycles. The first kappa shape index (κ1) is 24.0. The topological polar surface area (TPSA) is 67.2 Å². The van der Waals surface area contributed by atoms with Crippen LogP contribution >= 0.6 is 11.8 Å². The number of anilines is 1. The molecular formula is C27H24F2N4O2S. The summed E-state index contributed by atoms with van der Waals surface area (Å²) in [6.07, 6.45) is 1.32. The van der Waals surface area contributed by atoms with Gasteiger partial charge < -0.3 is 14.8 Å². The molecule has 1 aliphatic heterocycles. The standard InChI is InChI=1S/C27H24F2N4O2S/c1-32-24-15-20(29)19(28)14-22(24)31-27(32)36-16-25(34)33-13-7-12-23(33)26(35)30-21-11-6-5-10-18(21)17-8-3-2-4-9-17/h2-6,8-11,14-15,23H,7,12-13,16H2,1H3,(H,30,35). The minimum atomic E-state index is -0.965. The van der Waals surface area contributed by atoms with Crippen LogP contribution in [0.1, 0.15) is 12.8 Å². The lowest BCUT2D eigenvalue weighted by atomic mass is 10.0. The number of thioether (sulfide) groups is 1. The average molecular weight is 507 g/mol. The van der Waals surface area contributed by atoms with Crippen molar-refractivity contribution in [3.63, 3.8) is 0 Å². The maximum absolute atomic E-state index is 13.6. The summed E-state index contributed by atoms with van der Waals surface area (Å²) in [5, 5.41) is 3.49. The van der Waals surface area contributed by atoms with E-state index in [1.165, 1.54) is 11.8 Å². The zero-order chi connectivity index (χ0) is 25.2. The zero-order valence-corrected chi connectivity index (χ0v) is 20.4. The van der Waals surface area contributed by atoms with Crippen molar-refractivity contribution in [3.05, 3.63) is 78.4 Å². The monoisotopic (exact) mass is 506 g/mol. The lowest BCUT2D eigenvalue weighted by Crippen LogP contribution is -2.44. The summed E-state index contributed by atoms with van der Waals surface area (Å²) in [6.45, 7) is 0.497. The Kier molecular flexibility index (Phi) is 6.73. The van der Waals surface area contributed by atoms with Crippen LogP contribution in [0.3, 0.4) is 0 Å². The van der Waals surface area contributed by atoms with E-state index in [0.29, 0.717) is 34.8 Å². The molecular weight excluding hydrogens is 482 g/mol. The van der Waals surface area contributed by atoms with Gasteiger partial charge in [-0.25, -0.2) is 13.8 Å². The van der Waals surface area contributed by atoms with Crippen LogP contribution < -0.4 is 5.32 Å². The number of nitrogens with zero attached hydrogens (tertiary/aromatic N) is 3. The molecule has 1 atom stereocenters. The number of hydrogen-bond donors (Lipinski definition) is 1. The van der Waals surface area contributed by atoms with Crippen LogP contribution in [0.4, 0.5) is 14.5 Å². The number of rotatable bonds is 6. The van der Waals surface area contributed by atoms with Gasteiger partial charge in [0.2, 0.25) is 11.8 Å². The molecule has 1 saturated heterocycles. The minimum Gasteiger partial charge on any atom is -0.330 e. The normalized spacial score (nSPS) is 15.4. The molecule has 1 unspecified atom stereocenters. The van der Waals surface area contributed by atoms with Gasteiger partial charge in [-0.1, -0.05) is 60.3 Å². The Bertz CT molecular complexity index is 1440. The highest BCUT2D eigenvalue weighted by Gasteiger charge is 2.34. The van der Waals surface area contributed by atoms with Crippen molar-refractivity contribution < 1.29 is 18.4 Å². The third-order valence-electron chi connectivity index (χ3n) is 6.35. The van der Waals surface area contributed by atoms with Gasteiger partial charge in [-0.15, -0.1) is 0 Å². The maximum Gasteiger partial charge on any atom is 0.247 e. The number of imidazole rings is 1. The lowest BCUT2D eigenvalue weighted by molar-refractivity contribution is -0.134. The Hall–Kier alpha value is -3.72. The highest BCUT2D eigenvalue weighted by atomic mass is 32.2. The Morgan fingerprint density at radius 2 is 1.78 bits per heavy atom. The highest BCUT2D eigenvalue weighted by molar-refractivity contribution is 7.99. The molecule has 0 bridgehead atoms. The third kappa shape index (κ3) is 4.70. The number of carbonyl (C=O) groups is 2. The van der Waals surface area contributed by atoms with Crippen molar-refractivity contribution in [2.45, 2.75) is 24.0 Å². The van der Waals surface area contributed by atoms with Gasteiger partial charge in [0.15, 0.2) is 16.8 Å². The predicted octanol–water partition coefficient (Wildman–Crippen LogP) is 5.24. The van der Waals surface area contributed by atoms with Gasteiger partial charge in [0.25, 0.3) is 0 Å². The number of benzene rings is 3. The molecule has 6 nitrogen and oxygen atoms in total. The summed E-state index contributed by atoms with van der Waals surface area (Å²) in [5.74, 6) is -2.25. The van der Waals surface area contributed by atoms with Crippen molar-refractivity contribution >= 4 is 40.3 Å². The maximum atomic E-state index is 13.6. The summed E-state index contributed by atoms with van der Waals surface area (Å²) in [5.41, 5.74) is 3.36. The number of para-hydroxylation sites is 1. The van der Waals surface area contributed by atoms with Crippen LogP contribution in [0.25, 0.3) is 22.2 Å². The molecule has 9 heteroatoms. The molecule has 0 saturated carbocycles. The zero-order valence-electron chi connectivity index (χ0n) is 19.6. The molecule has 2 amide bonds. The Morgan fingerprint density at radius 1 is 1.06 bits per heavy atom. The number of nitrogens with one attached hydrogen (secondary N) is 1. The first-order chi connectivity index (χ1) is 17.4. The molecule has 1 N–H and O–H groups in total. The number of hydrogen-bond acceptors (Lipinski definition) is 4. The number of fused-ring (bicyclic) bond motifs is 1. The molecule has 1 fully saturated rings. The molecule has 1 aromatic heterocycles. The molecule has 36 heavy (non-hydrogen) atoms. The minimum absolute atomic E-state index is 0.0620. The molecule has 0 radical (unpaired) electrons. The second-order valence-corrected chi connectivity index (χ2v) is 9.59.